The molecule has 0 aliphatic heterocycles. The molecule has 2 N–H and O–H groups in total. The summed E-state index contributed by atoms with van der Waals surface area (Å²) in [6.07, 6.45) is 0.501. The van der Waals surface area contributed by atoms with Crippen molar-refractivity contribution in [2.24, 2.45) is 0 Å². The smallest absolute Gasteiger partial charge is 0.230 e. The maximum absolute atomic E-state index is 11.4. The molecule has 102 valence electrons. The number of hydrogen-bond acceptors (Lipinski definition) is 5. The summed E-state index contributed by atoms with van der Waals surface area (Å²) < 4.78 is 9.76. The molecule has 1 amide bonds. The van der Waals surface area contributed by atoms with E-state index in [1.165, 1.54) is 11.8 Å². The van der Waals surface area contributed by atoms with E-state index < -0.39 is 5.60 Å². The Kier molecular flexibility index (Phi) is 9.53. The van der Waals surface area contributed by atoms with Crippen molar-refractivity contribution in [3.63, 3.8) is 0 Å². The highest BCUT2D eigenvalue weighted by atomic mass is 32.2. The van der Waals surface area contributed by atoms with Gasteiger partial charge in [-0.1, -0.05) is 0 Å². The van der Waals surface area contributed by atoms with Crippen LogP contribution in [0, 0.1) is 0 Å². The molecule has 0 saturated heterocycles. The Morgan fingerprint density at radius 1 is 1.35 bits per heavy atom. The van der Waals surface area contributed by atoms with Crippen LogP contribution in [0.15, 0.2) is 0 Å². The van der Waals surface area contributed by atoms with Crippen LogP contribution in [-0.4, -0.2) is 62.1 Å². The van der Waals surface area contributed by atoms with E-state index in [1.807, 2.05) is 0 Å². The van der Waals surface area contributed by atoms with Crippen LogP contribution in [0.5, 0.6) is 0 Å². The van der Waals surface area contributed by atoms with Gasteiger partial charge in [-0.2, -0.15) is 0 Å². The molecule has 5 nitrogen and oxygen atoms in total. The molecule has 0 aromatic carbocycles. The Morgan fingerprint density at radius 3 is 2.59 bits per heavy atom. The van der Waals surface area contributed by atoms with E-state index in [1.54, 1.807) is 21.1 Å². The van der Waals surface area contributed by atoms with Crippen molar-refractivity contribution in [3.05, 3.63) is 0 Å². The fraction of sp³-hybridized carbons (Fsp3) is 0.909. The molecule has 1 unspecified atom stereocenters. The molecule has 0 heterocycles. The average molecular weight is 265 g/mol. The molecule has 0 radical (unpaired) electrons. The Hall–Kier alpha value is -0.300. The third-order valence-corrected chi connectivity index (χ3v) is 3.10. The van der Waals surface area contributed by atoms with Crippen LogP contribution in [0.25, 0.3) is 0 Å². The van der Waals surface area contributed by atoms with E-state index in [0.29, 0.717) is 25.4 Å². The van der Waals surface area contributed by atoms with E-state index in [9.17, 15) is 9.90 Å². The van der Waals surface area contributed by atoms with Gasteiger partial charge in [-0.25, -0.2) is 0 Å². The minimum atomic E-state index is -0.914. The number of thioether (sulfide) groups is 1. The maximum atomic E-state index is 11.4. The number of nitrogens with one attached hydrogen (secondary N) is 1. The highest BCUT2D eigenvalue weighted by Crippen LogP contribution is 2.07. The Morgan fingerprint density at radius 2 is 2.00 bits per heavy atom. The number of aliphatic hydroxyl groups is 1. The molecule has 0 fully saturated rings. The quantitative estimate of drug-likeness (QED) is 0.555. The third kappa shape index (κ3) is 10.6. The van der Waals surface area contributed by atoms with Crippen LogP contribution in [-0.2, 0) is 14.3 Å². The maximum Gasteiger partial charge on any atom is 0.230 e. The summed E-state index contributed by atoms with van der Waals surface area (Å²) in [5.41, 5.74) is -0.914. The van der Waals surface area contributed by atoms with Gasteiger partial charge in [0.25, 0.3) is 0 Å². The van der Waals surface area contributed by atoms with Crippen LogP contribution < -0.4 is 5.32 Å². The second-order valence-electron chi connectivity index (χ2n) is 4.06. The average Bonchev–Trinajstić information content (AvgIpc) is 2.30. The lowest BCUT2D eigenvalue weighted by atomic mass is 10.0. The lowest BCUT2D eigenvalue weighted by Crippen LogP contribution is -2.42. The first-order valence-corrected chi connectivity index (χ1v) is 6.72. The summed E-state index contributed by atoms with van der Waals surface area (Å²) in [6.45, 7) is 3.05. The fourth-order valence-corrected chi connectivity index (χ4v) is 1.77. The number of rotatable bonds is 10. The summed E-state index contributed by atoms with van der Waals surface area (Å²) in [5, 5.41) is 12.6. The van der Waals surface area contributed by atoms with E-state index >= 15 is 0 Å². The van der Waals surface area contributed by atoms with Gasteiger partial charge in [0.05, 0.1) is 18.0 Å². The van der Waals surface area contributed by atoms with Crippen molar-refractivity contribution in [3.8, 4) is 0 Å². The number of carbonyl (C=O) groups excluding carboxylic acids is 1. The number of methoxy groups -OCH3 is 2. The zero-order valence-corrected chi connectivity index (χ0v) is 11.6. The predicted octanol–water partition coefficient (Wildman–Crippen LogP) is 0.270. The van der Waals surface area contributed by atoms with Gasteiger partial charge in [0.15, 0.2) is 0 Å². The number of amides is 1. The predicted molar refractivity (Wildman–Crippen MR) is 69.3 cm³/mol. The van der Waals surface area contributed by atoms with E-state index in [4.69, 9.17) is 9.47 Å². The molecule has 6 heteroatoms. The van der Waals surface area contributed by atoms with Crippen LogP contribution in [0.3, 0.4) is 0 Å². The van der Waals surface area contributed by atoms with Gasteiger partial charge >= 0.3 is 0 Å². The van der Waals surface area contributed by atoms with Crippen LogP contribution in [0.1, 0.15) is 13.3 Å². The molecule has 0 saturated carbocycles. The molecule has 17 heavy (non-hydrogen) atoms. The summed E-state index contributed by atoms with van der Waals surface area (Å²) in [6, 6.07) is 0. The first-order chi connectivity index (χ1) is 8.02. The van der Waals surface area contributed by atoms with Crippen molar-refractivity contribution in [2.75, 3.05) is 45.5 Å². The van der Waals surface area contributed by atoms with Crippen LogP contribution in [0.2, 0.25) is 0 Å². The van der Waals surface area contributed by atoms with Gasteiger partial charge < -0.3 is 19.9 Å². The van der Waals surface area contributed by atoms with Crippen molar-refractivity contribution < 1.29 is 19.4 Å². The molecule has 0 aliphatic rings. The topological polar surface area (TPSA) is 67.8 Å². The molecule has 0 aromatic heterocycles. The van der Waals surface area contributed by atoms with Crippen molar-refractivity contribution in [2.45, 2.75) is 18.9 Å². The minimum Gasteiger partial charge on any atom is -0.388 e. The molecule has 1 atom stereocenters. The number of carbonyl (C=O) groups is 1. The second-order valence-corrected chi connectivity index (χ2v) is 5.17. The largest absolute Gasteiger partial charge is 0.388 e. The Bertz CT molecular complexity index is 212. The minimum absolute atomic E-state index is 0.0659. The van der Waals surface area contributed by atoms with Crippen molar-refractivity contribution in [1.82, 2.24) is 5.32 Å². The van der Waals surface area contributed by atoms with E-state index in [-0.39, 0.29) is 12.5 Å². The molecule has 0 aromatic rings. The fourth-order valence-electron chi connectivity index (χ4n) is 1.06. The van der Waals surface area contributed by atoms with E-state index in [0.717, 1.165) is 5.75 Å². The summed E-state index contributed by atoms with van der Waals surface area (Å²) in [7, 11) is 3.22. The summed E-state index contributed by atoms with van der Waals surface area (Å²) >= 11 is 1.51. The van der Waals surface area contributed by atoms with Crippen molar-refractivity contribution in [1.29, 1.82) is 0 Å². The normalized spacial score (nSPS) is 14.4. The lowest BCUT2D eigenvalue weighted by Gasteiger charge is -2.23. The monoisotopic (exact) mass is 265 g/mol. The van der Waals surface area contributed by atoms with Gasteiger partial charge in [0, 0.05) is 39.5 Å². The van der Waals surface area contributed by atoms with Gasteiger partial charge in [-0.15, -0.1) is 11.8 Å². The Labute approximate surface area is 107 Å². The zero-order chi connectivity index (χ0) is 13.1. The summed E-state index contributed by atoms with van der Waals surface area (Å²) in [5.74, 6) is 1.12. The summed E-state index contributed by atoms with van der Waals surface area (Å²) in [4.78, 5) is 11.4. The Balaban J connectivity index is 3.60. The van der Waals surface area contributed by atoms with Crippen LogP contribution >= 0.6 is 11.8 Å². The molecular weight excluding hydrogens is 242 g/mol. The number of hydrogen-bond donors (Lipinski definition) is 2. The van der Waals surface area contributed by atoms with Gasteiger partial charge in [-0.05, 0) is 6.92 Å². The first kappa shape index (κ1) is 16.7. The molecule has 0 spiro atoms. The first-order valence-electron chi connectivity index (χ1n) is 5.56. The molecular formula is C11H23NO4S. The number of ether oxygens (including phenoxy) is 2. The van der Waals surface area contributed by atoms with Crippen LogP contribution in [0.4, 0.5) is 0 Å². The highest BCUT2D eigenvalue weighted by Gasteiger charge is 2.20. The van der Waals surface area contributed by atoms with Gasteiger partial charge in [0.1, 0.15) is 0 Å². The molecule has 0 rings (SSSR count). The van der Waals surface area contributed by atoms with Gasteiger partial charge in [-0.3, -0.25) is 4.79 Å². The highest BCUT2D eigenvalue weighted by molar-refractivity contribution is 7.99. The molecule has 0 bridgehead atoms. The van der Waals surface area contributed by atoms with E-state index in [2.05, 4.69) is 5.32 Å². The lowest BCUT2D eigenvalue weighted by molar-refractivity contribution is -0.119. The van der Waals surface area contributed by atoms with Gasteiger partial charge in [0.2, 0.25) is 5.91 Å². The zero-order valence-electron chi connectivity index (χ0n) is 10.8. The molecule has 0 aliphatic carbocycles. The van der Waals surface area contributed by atoms with Crippen molar-refractivity contribution >= 4 is 17.7 Å². The SMILES string of the molecule is COCCSCC(=O)NCC(C)(O)CCOC. The standard InChI is InChI=1S/C11H23NO4S/c1-11(14,4-5-15-2)9-12-10(13)8-17-7-6-16-3/h14H,4-9H2,1-3H3,(H,12,13). The third-order valence-electron chi connectivity index (χ3n) is 2.18. The second kappa shape index (κ2) is 9.70.